The van der Waals surface area contributed by atoms with Crippen LogP contribution < -0.4 is 10.6 Å². The van der Waals surface area contributed by atoms with Crippen molar-refractivity contribution in [2.75, 3.05) is 23.8 Å². The van der Waals surface area contributed by atoms with Crippen LogP contribution in [0.4, 0.5) is 21.0 Å². The molecule has 0 aliphatic rings. The van der Waals surface area contributed by atoms with Crippen LogP contribution in [0.1, 0.15) is 54.0 Å². The molecule has 14 heteroatoms. The van der Waals surface area contributed by atoms with Gasteiger partial charge in [0.2, 0.25) is 12.6 Å². The fourth-order valence-electron chi connectivity index (χ4n) is 3.92. The van der Waals surface area contributed by atoms with E-state index in [1.165, 1.54) is 56.3 Å². The first-order valence-electron chi connectivity index (χ1n) is 14.7. The van der Waals surface area contributed by atoms with Crippen LogP contribution in [-0.2, 0) is 38.0 Å². The first kappa shape index (κ1) is 36.3. The molecule has 3 rings (SSSR count). The second kappa shape index (κ2) is 18.1. The SMILES string of the molecule is CCOC(=O)OC(C)OC(=O)c1ccccc1NC(=O)C(=Cc1ccccc1)C(=O)Nc1ccccc1C(=O)OC(C)OC(=O)OCC. The van der Waals surface area contributed by atoms with Crippen molar-refractivity contribution in [2.45, 2.75) is 40.3 Å². The number of benzene rings is 3. The number of amides is 2. The highest BCUT2D eigenvalue weighted by Crippen LogP contribution is 2.22. The molecule has 0 saturated heterocycles. The summed E-state index contributed by atoms with van der Waals surface area (Å²) in [4.78, 5) is 76.3. The number of ether oxygens (including phenoxy) is 6. The van der Waals surface area contributed by atoms with Gasteiger partial charge in [0, 0.05) is 13.8 Å². The quantitative estimate of drug-likeness (QED) is 0.0570. The number of nitrogens with one attached hydrogen (secondary N) is 2. The molecular formula is C34H34N2O12. The Kier molecular flexibility index (Phi) is 13.7. The predicted octanol–water partition coefficient (Wildman–Crippen LogP) is 5.70. The minimum Gasteiger partial charge on any atom is -0.435 e. The number of esters is 2. The number of carbonyl (C=O) groups excluding carboxylic acids is 6. The van der Waals surface area contributed by atoms with E-state index in [2.05, 4.69) is 20.1 Å². The predicted molar refractivity (Wildman–Crippen MR) is 171 cm³/mol. The summed E-state index contributed by atoms with van der Waals surface area (Å²) in [7, 11) is 0. The van der Waals surface area contributed by atoms with Gasteiger partial charge in [-0.1, -0.05) is 54.6 Å². The van der Waals surface area contributed by atoms with Crippen molar-refractivity contribution in [1.82, 2.24) is 0 Å². The van der Waals surface area contributed by atoms with Crippen molar-refractivity contribution in [3.63, 3.8) is 0 Å². The molecule has 0 aliphatic heterocycles. The van der Waals surface area contributed by atoms with Crippen molar-refractivity contribution in [2.24, 2.45) is 0 Å². The van der Waals surface area contributed by atoms with Crippen molar-refractivity contribution < 1.29 is 57.2 Å². The zero-order chi connectivity index (χ0) is 35.1. The molecule has 0 aromatic heterocycles. The number of anilines is 2. The molecule has 252 valence electrons. The van der Waals surface area contributed by atoms with Crippen molar-refractivity contribution >= 4 is 53.5 Å². The molecule has 3 aromatic carbocycles. The lowest BCUT2D eigenvalue weighted by Crippen LogP contribution is -2.28. The third-order valence-corrected chi connectivity index (χ3v) is 5.98. The number of para-hydroxylation sites is 2. The molecule has 0 radical (unpaired) electrons. The van der Waals surface area contributed by atoms with Gasteiger partial charge < -0.3 is 39.1 Å². The molecular weight excluding hydrogens is 628 g/mol. The first-order valence-corrected chi connectivity index (χ1v) is 14.7. The molecule has 2 N–H and O–H groups in total. The molecule has 0 aliphatic carbocycles. The van der Waals surface area contributed by atoms with E-state index in [0.29, 0.717) is 5.56 Å². The van der Waals surface area contributed by atoms with Gasteiger partial charge in [0.25, 0.3) is 11.8 Å². The molecule has 2 unspecified atom stereocenters. The second-order valence-corrected chi connectivity index (χ2v) is 9.52. The molecule has 48 heavy (non-hydrogen) atoms. The van der Waals surface area contributed by atoms with Crippen LogP contribution in [-0.4, -0.2) is 61.9 Å². The van der Waals surface area contributed by atoms with E-state index in [0.717, 1.165) is 0 Å². The maximum atomic E-state index is 13.7. The number of hydrogen-bond donors (Lipinski definition) is 2. The summed E-state index contributed by atoms with van der Waals surface area (Å²) in [6, 6.07) is 20.2. The Hall–Kier alpha value is -6.18. The van der Waals surface area contributed by atoms with Crippen LogP contribution in [0, 0.1) is 0 Å². The van der Waals surface area contributed by atoms with Gasteiger partial charge in [0.15, 0.2) is 0 Å². The van der Waals surface area contributed by atoms with Gasteiger partial charge in [0.1, 0.15) is 5.57 Å². The van der Waals surface area contributed by atoms with E-state index in [1.807, 2.05) is 0 Å². The maximum absolute atomic E-state index is 13.7. The van der Waals surface area contributed by atoms with Gasteiger partial charge in [0.05, 0.1) is 35.7 Å². The van der Waals surface area contributed by atoms with Gasteiger partial charge in [-0.15, -0.1) is 0 Å². The van der Waals surface area contributed by atoms with Crippen molar-refractivity contribution in [3.05, 3.63) is 101 Å². The zero-order valence-corrected chi connectivity index (χ0v) is 26.6. The highest BCUT2D eigenvalue weighted by atomic mass is 16.8. The molecule has 0 bridgehead atoms. The lowest BCUT2D eigenvalue weighted by molar-refractivity contribution is -0.118. The summed E-state index contributed by atoms with van der Waals surface area (Å²) in [6.07, 6.45) is -3.38. The summed E-state index contributed by atoms with van der Waals surface area (Å²) in [6.45, 7) is 5.89. The second-order valence-electron chi connectivity index (χ2n) is 9.52. The minimum absolute atomic E-state index is 0.0119. The van der Waals surface area contributed by atoms with Crippen molar-refractivity contribution in [1.29, 1.82) is 0 Å². The Balaban J connectivity index is 1.85. The Labute approximate surface area is 275 Å². The number of hydrogen-bond acceptors (Lipinski definition) is 12. The van der Waals surface area contributed by atoms with Gasteiger partial charge in [-0.3, -0.25) is 9.59 Å². The third kappa shape index (κ3) is 11.0. The minimum atomic E-state index is -1.31. The molecule has 2 amide bonds. The molecule has 14 nitrogen and oxygen atoms in total. The lowest BCUT2D eigenvalue weighted by Gasteiger charge is -2.17. The highest BCUT2D eigenvalue weighted by molar-refractivity contribution is 6.29. The molecule has 0 spiro atoms. The van der Waals surface area contributed by atoms with Gasteiger partial charge in [-0.25, -0.2) is 19.2 Å². The Morgan fingerprint density at radius 1 is 0.583 bits per heavy atom. The van der Waals surface area contributed by atoms with E-state index in [-0.39, 0.29) is 35.7 Å². The normalized spacial score (nSPS) is 11.4. The maximum Gasteiger partial charge on any atom is 0.511 e. The number of carbonyl (C=O) groups is 6. The topological polar surface area (TPSA) is 182 Å². The highest BCUT2D eigenvalue weighted by Gasteiger charge is 2.25. The lowest BCUT2D eigenvalue weighted by atomic mass is 10.1. The summed E-state index contributed by atoms with van der Waals surface area (Å²) in [5.74, 6) is -3.70. The number of rotatable bonds is 13. The van der Waals surface area contributed by atoms with Crippen LogP contribution in [0.15, 0.2) is 84.4 Å². The molecule has 0 heterocycles. The Morgan fingerprint density at radius 3 is 1.40 bits per heavy atom. The fraction of sp³-hybridized carbons (Fsp3) is 0.235. The summed E-state index contributed by atoms with van der Waals surface area (Å²) >= 11 is 0. The van der Waals surface area contributed by atoms with Gasteiger partial charge in [-0.05, 0) is 49.8 Å². The van der Waals surface area contributed by atoms with E-state index < -0.39 is 54.2 Å². The smallest absolute Gasteiger partial charge is 0.435 e. The molecule has 0 saturated carbocycles. The fourth-order valence-corrected chi connectivity index (χ4v) is 3.92. The van der Waals surface area contributed by atoms with Crippen molar-refractivity contribution in [3.8, 4) is 0 Å². The Bertz CT molecular complexity index is 1560. The monoisotopic (exact) mass is 662 g/mol. The zero-order valence-electron chi connectivity index (χ0n) is 26.6. The van der Waals surface area contributed by atoms with Crippen LogP contribution in [0.2, 0.25) is 0 Å². The summed E-state index contributed by atoms with van der Waals surface area (Å²) in [5.41, 5.74) is -0.128. The average molecular weight is 663 g/mol. The molecule has 2 atom stereocenters. The van der Waals surface area contributed by atoms with Crippen LogP contribution in [0.3, 0.4) is 0 Å². The van der Waals surface area contributed by atoms with E-state index >= 15 is 0 Å². The van der Waals surface area contributed by atoms with Crippen LogP contribution >= 0.6 is 0 Å². The average Bonchev–Trinajstić information content (AvgIpc) is 3.04. The largest absolute Gasteiger partial charge is 0.511 e. The standard InChI is InChI=1S/C34H34N2O12/c1-5-43-33(41)47-21(3)45-31(39)24-16-10-12-18-27(24)35-29(37)26(20-23-14-8-7-9-15-23)30(38)36-28-19-13-11-17-25(28)32(40)46-22(4)48-34(42)44-6-2/h7-22H,5-6H2,1-4H3,(H,35,37)(H,36,38). The summed E-state index contributed by atoms with van der Waals surface area (Å²) < 4.78 is 29.4. The van der Waals surface area contributed by atoms with E-state index in [1.54, 1.807) is 56.3 Å². The van der Waals surface area contributed by atoms with Gasteiger partial charge >= 0.3 is 24.2 Å². The first-order chi connectivity index (χ1) is 23.0. The van der Waals surface area contributed by atoms with E-state index in [4.69, 9.17) is 18.9 Å². The summed E-state index contributed by atoms with van der Waals surface area (Å²) in [5, 5.41) is 5.10. The Morgan fingerprint density at radius 2 is 0.979 bits per heavy atom. The van der Waals surface area contributed by atoms with Gasteiger partial charge in [-0.2, -0.15) is 0 Å². The molecule has 0 fully saturated rings. The van der Waals surface area contributed by atoms with Crippen LogP contribution in [0.5, 0.6) is 0 Å². The van der Waals surface area contributed by atoms with E-state index in [9.17, 15) is 28.8 Å². The van der Waals surface area contributed by atoms with Crippen LogP contribution in [0.25, 0.3) is 6.08 Å². The molecule has 3 aromatic rings. The third-order valence-electron chi connectivity index (χ3n) is 5.98.